The molecule has 1 saturated heterocycles. The normalized spacial score (nSPS) is 29.4. The van der Waals surface area contributed by atoms with Crippen LogP contribution in [0.1, 0.15) is 35.2 Å². The van der Waals surface area contributed by atoms with E-state index < -0.39 is 69.8 Å². The van der Waals surface area contributed by atoms with Crippen molar-refractivity contribution in [1.29, 1.82) is 0 Å². The second kappa shape index (κ2) is 10.1. The number of nitrogens with zero attached hydrogens (tertiary/aromatic N) is 3. The number of nitrogens with one attached hydrogen (secondary N) is 1. The van der Waals surface area contributed by atoms with E-state index in [9.17, 15) is 39.6 Å². The molecule has 5 rings (SSSR count). The van der Waals surface area contributed by atoms with Gasteiger partial charge in [0, 0.05) is 31.3 Å². The second-order valence-electron chi connectivity index (χ2n) is 12.1. The first kappa shape index (κ1) is 29.5. The largest absolute Gasteiger partial charge is 0.510 e. The first-order valence-electron chi connectivity index (χ1n) is 13.8. The van der Waals surface area contributed by atoms with Crippen molar-refractivity contribution in [3.05, 3.63) is 39.9 Å². The number of nitrogens with two attached hydrogens (primary N) is 1. The third-order valence-corrected chi connectivity index (χ3v) is 9.26. The maximum Gasteiger partial charge on any atom is 0.255 e. The summed E-state index contributed by atoms with van der Waals surface area (Å²) >= 11 is 0. The van der Waals surface area contributed by atoms with Crippen molar-refractivity contribution in [2.75, 3.05) is 52.0 Å². The molecule has 0 bridgehead atoms. The van der Waals surface area contributed by atoms with Gasteiger partial charge in [-0.1, -0.05) is 0 Å². The summed E-state index contributed by atoms with van der Waals surface area (Å²) in [6, 6.07) is 0.136. The fourth-order valence-corrected chi connectivity index (χ4v) is 7.25. The van der Waals surface area contributed by atoms with E-state index in [1.165, 1.54) is 4.90 Å². The van der Waals surface area contributed by atoms with Gasteiger partial charge in [0.1, 0.15) is 17.1 Å². The van der Waals surface area contributed by atoms with Crippen LogP contribution in [0.4, 0.5) is 11.4 Å². The summed E-state index contributed by atoms with van der Waals surface area (Å²) in [5.74, 6) is -7.56. The molecule has 0 unspecified atom stereocenters. The highest BCUT2D eigenvalue weighted by Crippen LogP contribution is 2.54. The Morgan fingerprint density at radius 1 is 1.14 bits per heavy atom. The Bertz CT molecular complexity index is 1480. The van der Waals surface area contributed by atoms with Crippen LogP contribution in [0.25, 0.3) is 0 Å². The van der Waals surface area contributed by atoms with E-state index in [0.717, 1.165) is 13.0 Å². The first-order chi connectivity index (χ1) is 19.6. The lowest BCUT2D eigenvalue weighted by Crippen LogP contribution is -2.63. The van der Waals surface area contributed by atoms with Crippen LogP contribution in [0.3, 0.4) is 0 Å². The zero-order valence-electron chi connectivity index (χ0n) is 24.3. The molecule has 1 heterocycles. The van der Waals surface area contributed by atoms with Crippen LogP contribution in [0.15, 0.2) is 28.7 Å². The molecule has 0 radical (unpaired) electrons. The van der Waals surface area contributed by atoms with Gasteiger partial charge in [0.25, 0.3) is 5.91 Å². The topological polar surface area (TPSA) is 197 Å². The number of amides is 2. The molecule has 1 aromatic rings. The summed E-state index contributed by atoms with van der Waals surface area (Å²) in [6.07, 6.45) is 1.64. The minimum Gasteiger partial charge on any atom is -0.510 e. The number of hydrogen-bond donors (Lipinski definition) is 6. The Morgan fingerprint density at radius 3 is 2.36 bits per heavy atom. The Kier molecular flexibility index (Phi) is 7.11. The predicted molar refractivity (Wildman–Crippen MR) is 152 cm³/mol. The maximum atomic E-state index is 14.1. The van der Waals surface area contributed by atoms with Gasteiger partial charge in [-0.15, -0.1) is 0 Å². The summed E-state index contributed by atoms with van der Waals surface area (Å²) in [5, 5.41) is 48.3. The summed E-state index contributed by atoms with van der Waals surface area (Å²) in [5.41, 5.74) is 2.46. The number of allylic oxidation sites excluding steroid dienone is 1. The van der Waals surface area contributed by atoms with Crippen molar-refractivity contribution < 1.29 is 39.6 Å². The van der Waals surface area contributed by atoms with Crippen LogP contribution in [-0.2, 0) is 20.8 Å². The molecule has 0 aromatic heterocycles. The van der Waals surface area contributed by atoms with E-state index in [2.05, 4.69) is 5.32 Å². The zero-order valence-corrected chi connectivity index (χ0v) is 24.3. The third kappa shape index (κ3) is 4.09. The molecule has 1 aromatic carbocycles. The molecule has 4 aliphatic rings. The summed E-state index contributed by atoms with van der Waals surface area (Å²) in [4.78, 5) is 58.0. The van der Waals surface area contributed by atoms with E-state index in [-0.39, 0.29) is 35.6 Å². The number of aliphatic hydroxyl groups is 3. The van der Waals surface area contributed by atoms with Crippen molar-refractivity contribution in [3.63, 3.8) is 0 Å². The molecular formula is C29H37N5O8. The average molecular weight is 584 g/mol. The molecule has 5 atom stereocenters. The number of carbonyl (C=O) groups excluding carboxylic acids is 4. The van der Waals surface area contributed by atoms with Gasteiger partial charge in [0.05, 0.1) is 23.3 Å². The standard InChI is InChI=1S/C29H37N5O8/c1-32(2)17-11-15(31-28(41)16-7-6-8-34(16)5)22(35)19-13(17)9-12-10-14-21(33(3)4)24(37)20(27(30)40)26(39)29(14,42)25(38)18(12)23(19)36/h11-12,14,16,21,35,37-38,42H,6-10H2,1-5H3,(H2,30,40)(H,31,41)/t12-,14-,16+,21-,29-/m0/s1. The van der Waals surface area contributed by atoms with Gasteiger partial charge >= 0.3 is 0 Å². The van der Waals surface area contributed by atoms with Crippen LogP contribution in [0.2, 0.25) is 0 Å². The molecule has 0 saturated carbocycles. The number of carbonyl (C=O) groups is 4. The minimum absolute atomic E-state index is 0.00804. The number of likely N-dealkylation sites (N-methyl/N-ethyl adjacent to an activating group) is 2. The van der Waals surface area contributed by atoms with E-state index in [1.54, 1.807) is 39.2 Å². The van der Waals surface area contributed by atoms with Gasteiger partial charge in [-0.25, -0.2) is 0 Å². The Morgan fingerprint density at radius 2 is 1.81 bits per heavy atom. The number of anilines is 2. The van der Waals surface area contributed by atoms with Crippen LogP contribution in [-0.4, -0.2) is 113 Å². The van der Waals surface area contributed by atoms with E-state index >= 15 is 0 Å². The van der Waals surface area contributed by atoms with Crippen molar-refractivity contribution in [3.8, 4) is 5.75 Å². The number of rotatable bonds is 5. The van der Waals surface area contributed by atoms with Gasteiger partial charge in [-0.2, -0.15) is 0 Å². The first-order valence-corrected chi connectivity index (χ1v) is 13.8. The number of aromatic hydroxyl groups is 1. The molecule has 3 aliphatic carbocycles. The summed E-state index contributed by atoms with van der Waals surface area (Å²) in [6.45, 7) is 0.756. The fourth-order valence-electron chi connectivity index (χ4n) is 7.25. The number of primary amides is 1. The van der Waals surface area contributed by atoms with Gasteiger partial charge < -0.3 is 36.4 Å². The second-order valence-corrected chi connectivity index (χ2v) is 12.1. The number of aliphatic hydroxyl groups excluding tert-OH is 2. The number of hydrogen-bond acceptors (Lipinski definition) is 11. The Balaban J connectivity index is 1.66. The van der Waals surface area contributed by atoms with Crippen LogP contribution >= 0.6 is 0 Å². The van der Waals surface area contributed by atoms with Gasteiger partial charge in [-0.3, -0.25) is 29.0 Å². The van der Waals surface area contributed by atoms with Crippen LogP contribution < -0.4 is 16.0 Å². The predicted octanol–water partition coefficient (Wildman–Crippen LogP) is 0.219. The number of fused-ring (bicyclic) bond motifs is 3. The number of phenolic OH excluding ortho intramolecular Hbond substituents is 1. The minimum atomic E-state index is -2.72. The van der Waals surface area contributed by atoms with E-state index in [1.807, 2.05) is 11.9 Å². The summed E-state index contributed by atoms with van der Waals surface area (Å²) < 4.78 is 0. The highest BCUT2D eigenvalue weighted by Gasteiger charge is 2.63. The van der Waals surface area contributed by atoms with Gasteiger partial charge in [0.15, 0.2) is 17.1 Å². The fraction of sp³-hybridized carbons (Fsp3) is 0.517. The molecule has 0 spiro atoms. The van der Waals surface area contributed by atoms with Crippen molar-refractivity contribution in [1.82, 2.24) is 9.80 Å². The Hall–Kier alpha value is -3.94. The number of benzene rings is 1. The quantitative estimate of drug-likeness (QED) is 0.205. The maximum absolute atomic E-state index is 14.1. The SMILES string of the molecule is CN(C)c1cc(NC(=O)[C@H]2CCCN2C)c(O)c2c1C[C@H]1C[C@H]3[C@H](N(C)C)C(O)=C(C(N)=O)C(=O)[C@@]3(O)C(O)=C1C2=O. The zero-order chi connectivity index (χ0) is 31.0. The summed E-state index contributed by atoms with van der Waals surface area (Å²) in [7, 11) is 8.50. The third-order valence-electron chi connectivity index (χ3n) is 9.26. The Labute approximate surface area is 242 Å². The highest BCUT2D eigenvalue weighted by molar-refractivity contribution is 6.25. The number of likely N-dealkylation sites (tertiary alicyclic amines) is 1. The van der Waals surface area contributed by atoms with E-state index in [4.69, 9.17) is 5.73 Å². The van der Waals surface area contributed by atoms with E-state index in [0.29, 0.717) is 17.7 Å². The lowest BCUT2D eigenvalue weighted by Gasteiger charge is -2.50. The van der Waals surface area contributed by atoms with Crippen LogP contribution in [0.5, 0.6) is 5.75 Å². The number of Topliss-reactive ketones (excluding diaryl/α,β-unsaturated/α-hetero) is 2. The molecule has 42 heavy (non-hydrogen) atoms. The molecule has 226 valence electrons. The van der Waals surface area contributed by atoms with Crippen molar-refractivity contribution in [2.45, 2.75) is 43.4 Å². The monoisotopic (exact) mass is 583 g/mol. The van der Waals surface area contributed by atoms with Crippen molar-refractivity contribution in [2.24, 2.45) is 17.6 Å². The lowest BCUT2D eigenvalue weighted by molar-refractivity contribution is -0.148. The van der Waals surface area contributed by atoms with Crippen molar-refractivity contribution >= 4 is 34.8 Å². The molecule has 1 aliphatic heterocycles. The molecule has 1 fully saturated rings. The highest BCUT2D eigenvalue weighted by atomic mass is 16.3. The van der Waals surface area contributed by atoms with Gasteiger partial charge in [0.2, 0.25) is 11.7 Å². The molecule has 2 amide bonds. The van der Waals surface area contributed by atoms with Gasteiger partial charge in [-0.05, 0) is 70.9 Å². The number of ketones is 2. The number of phenols is 1. The lowest BCUT2D eigenvalue weighted by atomic mass is 9.58. The molecule has 13 nitrogen and oxygen atoms in total. The molecule has 7 N–H and O–H groups in total. The smallest absolute Gasteiger partial charge is 0.255 e. The molecule has 13 heteroatoms. The average Bonchev–Trinajstić information content (AvgIpc) is 3.33. The van der Waals surface area contributed by atoms with Crippen LogP contribution in [0, 0.1) is 11.8 Å². The molecular weight excluding hydrogens is 546 g/mol.